The minimum Gasteiger partial charge on any atom is -0.283 e. The molecule has 0 heterocycles. The van der Waals surface area contributed by atoms with E-state index < -0.39 is 0 Å². The second-order valence-electron chi connectivity index (χ2n) is 4.71. The fourth-order valence-corrected chi connectivity index (χ4v) is 2.76. The summed E-state index contributed by atoms with van der Waals surface area (Å²) in [5.74, 6) is -0.361. The number of hydrogen-bond acceptors (Lipinski definition) is 2. The summed E-state index contributed by atoms with van der Waals surface area (Å²) >= 11 is 5.78. The molecule has 0 N–H and O–H groups in total. The first-order valence-corrected chi connectivity index (χ1v) is 6.64. The molecule has 2 rings (SSSR count). The molecule has 1 aromatic rings. The van der Waals surface area contributed by atoms with E-state index in [1.807, 2.05) is 0 Å². The summed E-state index contributed by atoms with van der Waals surface area (Å²) in [5, 5.41) is 9.04. The summed E-state index contributed by atoms with van der Waals surface area (Å²) in [7, 11) is 0. The Morgan fingerprint density at radius 3 is 2.78 bits per heavy atom. The second kappa shape index (κ2) is 6.17. The zero-order valence-corrected chi connectivity index (χ0v) is 11.0. The van der Waals surface area contributed by atoms with Crippen LogP contribution in [0.3, 0.4) is 0 Å². The molecule has 1 saturated carbocycles. The zero-order valence-electron chi connectivity index (χ0n) is 10.2. The maximum atomic E-state index is 13.8. The van der Waals surface area contributed by atoms with E-state index in [0.29, 0.717) is 24.7 Å². The smallest absolute Gasteiger partial charge is 0.146 e. The van der Waals surface area contributed by atoms with Crippen molar-refractivity contribution >= 4 is 11.6 Å². The maximum Gasteiger partial charge on any atom is 0.146 e. The Labute approximate surface area is 112 Å². The second-order valence-corrected chi connectivity index (χ2v) is 5.12. The monoisotopic (exact) mass is 266 g/mol. The SMILES string of the molecule is N#CCN(Cc1cccc(Cl)c1F)C1CCCC1. The lowest BCUT2D eigenvalue weighted by Crippen LogP contribution is -2.33. The largest absolute Gasteiger partial charge is 0.283 e. The van der Waals surface area contributed by atoms with Crippen LogP contribution in [0, 0.1) is 17.1 Å². The van der Waals surface area contributed by atoms with Crippen molar-refractivity contribution < 1.29 is 4.39 Å². The van der Waals surface area contributed by atoms with E-state index in [2.05, 4.69) is 11.0 Å². The van der Waals surface area contributed by atoms with Crippen molar-refractivity contribution in [2.24, 2.45) is 0 Å². The van der Waals surface area contributed by atoms with Crippen LogP contribution in [0.1, 0.15) is 31.2 Å². The van der Waals surface area contributed by atoms with Crippen LogP contribution in [-0.2, 0) is 6.54 Å². The third-order valence-electron chi connectivity index (χ3n) is 3.52. The molecule has 0 amide bonds. The lowest BCUT2D eigenvalue weighted by atomic mass is 10.1. The molecule has 0 atom stereocenters. The van der Waals surface area contributed by atoms with Gasteiger partial charge in [0.25, 0.3) is 0 Å². The van der Waals surface area contributed by atoms with Gasteiger partial charge in [-0.1, -0.05) is 36.6 Å². The third-order valence-corrected chi connectivity index (χ3v) is 3.81. The fourth-order valence-electron chi connectivity index (χ4n) is 2.56. The van der Waals surface area contributed by atoms with Crippen molar-refractivity contribution in [1.29, 1.82) is 5.26 Å². The molecule has 1 aliphatic carbocycles. The summed E-state index contributed by atoms with van der Waals surface area (Å²) in [4.78, 5) is 2.06. The Bertz CT molecular complexity index is 450. The Morgan fingerprint density at radius 1 is 1.39 bits per heavy atom. The minimum atomic E-state index is -0.361. The van der Waals surface area contributed by atoms with Crippen LogP contribution >= 0.6 is 11.6 Å². The van der Waals surface area contributed by atoms with Gasteiger partial charge in [-0.2, -0.15) is 5.26 Å². The number of nitrogens with zero attached hydrogens (tertiary/aromatic N) is 2. The molecular weight excluding hydrogens is 251 g/mol. The molecule has 0 aromatic heterocycles. The van der Waals surface area contributed by atoms with Gasteiger partial charge in [0, 0.05) is 18.2 Å². The average molecular weight is 267 g/mol. The van der Waals surface area contributed by atoms with Crippen LogP contribution in [0.15, 0.2) is 18.2 Å². The molecule has 4 heteroatoms. The first-order chi connectivity index (χ1) is 8.72. The van der Waals surface area contributed by atoms with E-state index in [0.717, 1.165) is 12.8 Å². The van der Waals surface area contributed by atoms with Gasteiger partial charge in [-0.3, -0.25) is 4.90 Å². The third kappa shape index (κ3) is 3.01. The van der Waals surface area contributed by atoms with Gasteiger partial charge in [0.15, 0.2) is 0 Å². The van der Waals surface area contributed by atoms with Crippen molar-refractivity contribution in [1.82, 2.24) is 4.90 Å². The first kappa shape index (κ1) is 13.3. The molecule has 1 fully saturated rings. The Kier molecular flexibility index (Phi) is 4.57. The van der Waals surface area contributed by atoms with E-state index in [1.165, 1.54) is 12.8 Å². The molecule has 1 aromatic carbocycles. The molecule has 96 valence electrons. The predicted octanol–water partition coefficient (Wildman–Crippen LogP) is 3.75. The van der Waals surface area contributed by atoms with E-state index in [4.69, 9.17) is 16.9 Å². The van der Waals surface area contributed by atoms with Crippen molar-refractivity contribution in [2.75, 3.05) is 6.54 Å². The lowest BCUT2D eigenvalue weighted by Gasteiger charge is -2.26. The molecule has 0 saturated heterocycles. The fraction of sp³-hybridized carbons (Fsp3) is 0.500. The topological polar surface area (TPSA) is 27.0 Å². The van der Waals surface area contributed by atoms with Crippen LogP contribution in [0.2, 0.25) is 5.02 Å². The lowest BCUT2D eigenvalue weighted by molar-refractivity contribution is 0.211. The number of rotatable bonds is 4. The quantitative estimate of drug-likeness (QED) is 0.776. The summed E-state index contributed by atoms with van der Waals surface area (Å²) < 4.78 is 13.8. The normalized spacial score (nSPS) is 16.1. The highest BCUT2D eigenvalue weighted by Crippen LogP contribution is 2.26. The molecule has 0 radical (unpaired) electrons. The van der Waals surface area contributed by atoms with Gasteiger partial charge >= 0.3 is 0 Å². The zero-order chi connectivity index (χ0) is 13.0. The van der Waals surface area contributed by atoms with Crippen molar-refractivity contribution in [3.63, 3.8) is 0 Å². The van der Waals surface area contributed by atoms with Crippen molar-refractivity contribution in [3.05, 3.63) is 34.6 Å². The highest BCUT2D eigenvalue weighted by atomic mass is 35.5. The summed E-state index contributed by atoms with van der Waals surface area (Å²) in [6, 6.07) is 7.61. The number of halogens is 2. The number of benzene rings is 1. The highest BCUT2D eigenvalue weighted by Gasteiger charge is 2.23. The first-order valence-electron chi connectivity index (χ1n) is 6.26. The molecule has 0 aliphatic heterocycles. The maximum absolute atomic E-state index is 13.8. The van der Waals surface area contributed by atoms with Crippen LogP contribution in [0.25, 0.3) is 0 Å². The molecule has 1 aliphatic rings. The molecular formula is C14H16ClFN2. The number of nitriles is 1. The van der Waals surface area contributed by atoms with E-state index in [-0.39, 0.29) is 10.8 Å². The molecule has 0 spiro atoms. The average Bonchev–Trinajstić information content (AvgIpc) is 2.88. The van der Waals surface area contributed by atoms with Gasteiger partial charge in [-0.05, 0) is 18.9 Å². The van der Waals surface area contributed by atoms with Gasteiger partial charge in [-0.15, -0.1) is 0 Å². The van der Waals surface area contributed by atoms with Crippen LogP contribution < -0.4 is 0 Å². The standard InChI is InChI=1S/C14H16ClFN2/c15-13-7-3-4-11(14(13)16)10-18(9-8-17)12-5-1-2-6-12/h3-4,7,12H,1-2,5-6,9-10H2. The van der Waals surface area contributed by atoms with Crippen LogP contribution in [0.5, 0.6) is 0 Å². The number of hydrogen-bond donors (Lipinski definition) is 0. The van der Waals surface area contributed by atoms with E-state index in [1.54, 1.807) is 18.2 Å². The molecule has 0 bridgehead atoms. The Balaban J connectivity index is 2.13. The van der Waals surface area contributed by atoms with Gasteiger partial charge in [0.1, 0.15) is 5.82 Å². The molecule has 2 nitrogen and oxygen atoms in total. The van der Waals surface area contributed by atoms with Gasteiger partial charge in [-0.25, -0.2) is 4.39 Å². The molecule has 18 heavy (non-hydrogen) atoms. The summed E-state index contributed by atoms with van der Waals surface area (Å²) in [6.07, 6.45) is 4.60. The minimum absolute atomic E-state index is 0.149. The van der Waals surface area contributed by atoms with Gasteiger partial charge < -0.3 is 0 Å². The predicted molar refractivity (Wildman–Crippen MR) is 69.7 cm³/mol. The van der Waals surface area contributed by atoms with E-state index >= 15 is 0 Å². The summed E-state index contributed by atoms with van der Waals surface area (Å²) in [6.45, 7) is 0.807. The van der Waals surface area contributed by atoms with Gasteiger partial charge in [0.05, 0.1) is 17.6 Å². The Morgan fingerprint density at radius 2 is 2.11 bits per heavy atom. The van der Waals surface area contributed by atoms with Crippen molar-refractivity contribution in [2.45, 2.75) is 38.3 Å². The highest BCUT2D eigenvalue weighted by molar-refractivity contribution is 6.30. The van der Waals surface area contributed by atoms with Crippen LogP contribution in [-0.4, -0.2) is 17.5 Å². The summed E-state index contributed by atoms with van der Waals surface area (Å²) in [5.41, 5.74) is 0.574. The van der Waals surface area contributed by atoms with Gasteiger partial charge in [0.2, 0.25) is 0 Å². The van der Waals surface area contributed by atoms with Crippen molar-refractivity contribution in [3.8, 4) is 6.07 Å². The molecule has 0 unspecified atom stereocenters. The van der Waals surface area contributed by atoms with Crippen LogP contribution in [0.4, 0.5) is 4.39 Å². The Hall–Kier alpha value is -1.11. The van der Waals surface area contributed by atoms with E-state index in [9.17, 15) is 4.39 Å².